The summed E-state index contributed by atoms with van der Waals surface area (Å²) in [6, 6.07) is 0. The number of carbonyl (C=O) groups is 1. The highest BCUT2D eigenvalue weighted by molar-refractivity contribution is 5.75. The number of anilines is 1. The fourth-order valence-corrected chi connectivity index (χ4v) is 1.30. The normalized spacial score (nSPS) is 10.5. The molecule has 0 radical (unpaired) electrons. The van der Waals surface area contributed by atoms with Crippen molar-refractivity contribution in [3.05, 3.63) is 27.4 Å². The fourth-order valence-electron chi connectivity index (χ4n) is 1.30. The van der Waals surface area contributed by atoms with Gasteiger partial charge in [-0.25, -0.2) is 13.8 Å². The highest BCUT2D eigenvalue weighted by atomic mass is 19.3. The Hall–Kier alpha value is -2.32. The molecule has 0 aliphatic carbocycles. The molecule has 0 amide bonds. The third-order valence-corrected chi connectivity index (χ3v) is 1.97. The van der Waals surface area contributed by atoms with E-state index in [2.05, 4.69) is 4.98 Å². The summed E-state index contributed by atoms with van der Waals surface area (Å²) < 4.78 is 25.1. The summed E-state index contributed by atoms with van der Waals surface area (Å²) in [6.45, 7) is 0. The maximum Gasteiger partial charge on any atom is 0.315 e. The lowest BCUT2D eigenvalue weighted by Crippen LogP contribution is -2.11. The van der Waals surface area contributed by atoms with Crippen LogP contribution in [0.4, 0.5) is 20.3 Å². The molecule has 0 atom stereocenters. The quantitative estimate of drug-likeness (QED) is 0.608. The summed E-state index contributed by atoms with van der Waals surface area (Å²) in [5.74, 6) is -2.06. The first-order valence-corrected chi connectivity index (χ1v) is 4.26. The molecule has 0 aromatic carbocycles. The van der Waals surface area contributed by atoms with Crippen LogP contribution in [0, 0.1) is 10.1 Å². The molecule has 0 bridgehead atoms. The van der Waals surface area contributed by atoms with Gasteiger partial charge in [-0.15, -0.1) is 0 Å². The van der Waals surface area contributed by atoms with Gasteiger partial charge in [-0.3, -0.25) is 14.9 Å². The number of halogens is 2. The fraction of sp³-hybridized carbons (Fsp3) is 0.250. The van der Waals surface area contributed by atoms with Gasteiger partial charge in [-0.05, 0) is 0 Å². The lowest BCUT2D eigenvalue weighted by Gasteiger charge is -2.08. The zero-order valence-electron chi connectivity index (χ0n) is 8.26. The molecule has 7 nitrogen and oxygen atoms in total. The van der Waals surface area contributed by atoms with E-state index in [1.807, 2.05) is 0 Å². The number of rotatable bonds is 4. The number of carboxylic acid groups (broad SMARTS) is 1. The number of carboxylic acids is 1. The van der Waals surface area contributed by atoms with Gasteiger partial charge in [0.25, 0.3) is 6.43 Å². The molecule has 0 aliphatic rings. The van der Waals surface area contributed by atoms with Crippen LogP contribution < -0.4 is 5.73 Å². The Morgan fingerprint density at radius 3 is 2.65 bits per heavy atom. The van der Waals surface area contributed by atoms with Crippen molar-refractivity contribution in [2.75, 3.05) is 5.73 Å². The minimum Gasteiger partial charge on any atom is -0.481 e. The van der Waals surface area contributed by atoms with Crippen molar-refractivity contribution in [1.29, 1.82) is 0 Å². The summed E-state index contributed by atoms with van der Waals surface area (Å²) in [7, 11) is 0. The van der Waals surface area contributed by atoms with Crippen LogP contribution in [0.2, 0.25) is 0 Å². The Bertz CT molecular complexity index is 478. The first-order valence-electron chi connectivity index (χ1n) is 4.26. The standard InChI is InChI=1S/C8H7F2N3O4/c9-7(10)4-2-12-8(11)6(13(16)17)3(4)1-5(14)15/h2,7H,1H2,(H2,11,12)(H,14,15). The van der Waals surface area contributed by atoms with Gasteiger partial charge < -0.3 is 10.8 Å². The van der Waals surface area contributed by atoms with Gasteiger partial charge in [0, 0.05) is 11.8 Å². The largest absolute Gasteiger partial charge is 0.481 e. The second-order valence-electron chi connectivity index (χ2n) is 3.05. The van der Waals surface area contributed by atoms with Gasteiger partial charge in [0.1, 0.15) is 0 Å². The maximum absolute atomic E-state index is 12.6. The van der Waals surface area contributed by atoms with Crippen molar-refractivity contribution in [2.24, 2.45) is 0 Å². The number of hydrogen-bond donors (Lipinski definition) is 2. The molecule has 0 saturated carbocycles. The Morgan fingerprint density at radius 1 is 1.65 bits per heavy atom. The van der Waals surface area contributed by atoms with E-state index in [0.717, 1.165) is 0 Å². The highest BCUT2D eigenvalue weighted by Gasteiger charge is 2.28. The highest BCUT2D eigenvalue weighted by Crippen LogP contribution is 2.32. The second kappa shape index (κ2) is 4.68. The molecule has 1 rings (SSSR count). The van der Waals surface area contributed by atoms with Crippen molar-refractivity contribution in [3.63, 3.8) is 0 Å². The molecule has 0 saturated heterocycles. The molecule has 3 N–H and O–H groups in total. The van der Waals surface area contributed by atoms with Crippen LogP contribution in [0.15, 0.2) is 6.20 Å². The van der Waals surface area contributed by atoms with E-state index in [9.17, 15) is 23.7 Å². The van der Waals surface area contributed by atoms with E-state index in [-0.39, 0.29) is 0 Å². The van der Waals surface area contributed by atoms with Gasteiger partial charge in [0.05, 0.1) is 16.9 Å². The summed E-state index contributed by atoms with van der Waals surface area (Å²) in [6.07, 6.45) is -3.33. The molecule has 92 valence electrons. The molecule has 0 fully saturated rings. The molecule has 1 aromatic heterocycles. The molecule has 0 aliphatic heterocycles. The van der Waals surface area contributed by atoms with Crippen molar-refractivity contribution >= 4 is 17.5 Å². The summed E-state index contributed by atoms with van der Waals surface area (Å²) in [5, 5.41) is 19.2. The van der Waals surface area contributed by atoms with Crippen molar-refractivity contribution in [3.8, 4) is 0 Å². The summed E-state index contributed by atoms with van der Waals surface area (Å²) >= 11 is 0. The van der Waals surface area contributed by atoms with Crippen LogP contribution in [-0.4, -0.2) is 21.0 Å². The van der Waals surface area contributed by atoms with Crippen molar-refractivity contribution in [1.82, 2.24) is 4.98 Å². The average Bonchev–Trinajstić information content (AvgIpc) is 2.15. The smallest absolute Gasteiger partial charge is 0.315 e. The second-order valence-corrected chi connectivity index (χ2v) is 3.05. The monoisotopic (exact) mass is 247 g/mol. The molecule has 0 unspecified atom stereocenters. The third-order valence-electron chi connectivity index (χ3n) is 1.97. The first-order chi connectivity index (χ1) is 7.84. The van der Waals surface area contributed by atoms with Crippen LogP contribution in [-0.2, 0) is 11.2 Å². The van der Waals surface area contributed by atoms with Crippen LogP contribution >= 0.6 is 0 Å². The zero-order chi connectivity index (χ0) is 13.2. The van der Waals surface area contributed by atoms with Gasteiger partial charge in [0.15, 0.2) is 0 Å². The van der Waals surface area contributed by atoms with E-state index >= 15 is 0 Å². The van der Waals surface area contributed by atoms with E-state index < -0.39 is 46.4 Å². The molecule has 1 heterocycles. The number of aliphatic carboxylic acids is 1. The molecule has 1 aromatic rings. The van der Waals surface area contributed by atoms with Gasteiger partial charge in [-0.1, -0.05) is 0 Å². The number of alkyl halides is 2. The van der Waals surface area contributed by atoms with E-state index in [1.54, 1.807) is 0 Å². The number of nitrogen functional groups attached to an aromatic ring is 1. The van der Waals surface area contributed by atoms with E-state index in [4.69, 9.17) is 10.8 Å². The number of nitrogens with two attached hydrogens (primary N) is 1. The third kappa shape index (κ3) is 2.62. The Kier molecular flexibility index (Phi) is 3.51. The number of pyridine rings is 1. The number of nitrogens with zero attached hydrogens (tertiary/aromatic N) is 2. The first kappa shape index (κ1) is 12.7. The van der Waals surface area contributed by atoms with Crippen LogP contribution in [0.3, 0.4) is 0 Å². The Labute approximate surface area is 93.0 Å². The van der Waals surface area contributed by atoms with Gasteiger partial charge >= 0.3 is 11.7 Å². The van der Waals surface area contributed by atoms with E-state index in [0.29, 0.717) is 6.20 Å². The molecular formula is C8H7F2N3O4. The maximum atomic E-state index is 12.6. The van der Waals surface area contributed by atoms with Crippen molar-refractivity contribution < 1.29 is 23.6 Å². The molecule has 0 spiro atoms. The van der Waals surface area contributed by atoms with Crippen LogP contribution in [0.5, 0.6) is 0 Å². The molecule has 9 heteroatoms. The lowest BCUT2D eigenvalue weighted by molar-refractivity contribution is -0.384. The topological polar surface area (TPSA) is 119 Å². The Balaban J connectivity index is 3.49. The predicted octanol–water partition coefficient (Wildman–Crippen LogP) is 1.14. The summed E-state index contributed by atoms with van der Waals surface area (Å²) in [4.78, 5) is 23.4. The zero-order valence-corrected chi connectivity index (χ0v) is 8.26. The minimum absolute atomic E-state index is 0.587. The summed E-state index contributed by atoms with van der Waals surface area (Å²) in [5.41, 5.74) is 2.87. The SMILES string of the molecule is Nc1ncc(C(F)F)c(CC(=O)O)c1[N+](=O)[O-]. The van der Waals surface area contributed by atoms with Crippen LogP contribution in [0.1, 0.15) is 17.6 Å². The van der Waals surface area contributed by atoms with Gasteiger partial charge in [-0.2, -0.15) is 0 Å². The lowest BCUT2D eigenvalue weighted by atomic mass is 10.1. The van der Waals surface area contributed by atoms with Gasteiger partial charge in [0.2, 0.25) is 5.82 Å². The number of hydrogen-bond acceptors (Lipinski definition) is 5. The predicted molar refractivity (Wildman–Crippen MR) is 51.6 cm³/mol. The Morgan fingerprint density at radius 2 is 2.24 bits per heavy atom. The average molecular weight is 247 g/mol. The minimum atomic E-state index is -3.06. The van der Waals surface area contributed by atoms with Crippen molar-refractivity contribution in [2.45, 2.75) is 12.8 Å². The number of aromatic nitrogens is 1. The molecule has 17 heavy (non-hydrogen) atoms. The van der Waals surface area contributed by atoms with Crippen LogP contribution in [0.25, 0.3) is 0 Å². The number of nitro groups is 1. The van der Waals surface area contributed by atoms with E-state index in [1.165, 1.54) is 0 Å². The molecular weight excluding hydrogens is 240 g/mol.